The SMILES string of the molecule is CCc1ccc(C([O-])=C(C(=S)Nc2cccc(OC)c2)[n+]2cccc(CO)c2)cc1. The van der Waals surface area contributed by atoms with Crippen LogP contribution in [-0.2, 0) is 13.0 Å². The number of aromatic nitrogens is 1. The maximum atomic E-state index is 13.4. The molecule has 0 bridgehead atoms. The van der Waals surface area contributed by atoms with Crippen LogP contribution in [0.25, 0.3) is 11.5 Å². The first-order valence-electron chi connectivity index (χ1n) is 9.63. The number of hydrogen-bond donors (Lipinski definition) is 2. The summed E-state index contributed by atoms with van der Waals surface area (Å²) in [4.78, 5) is 0.271. The highest BCUT2D eigenvalue weighted by Crippen LogP contribution is 2.20. The second-order valence-electron chi connectivity index (χ2n) is 6.69. The van der Waals surface area contributed by atoms with Gasteiger partial charge in [-0.3, -0.25) is 0 Å². The predicted molar refractivity (Wildman–Crippen MR) is 121 cm³/mol. The molecule has 0 amide bonds. The van der Waals surface area contributed by atoms with Gasteiger partial charge in [-0.05, 0) is 41.5 Å². The first-order chi connectivity index (χ1) is 14.5. The lowest BCUT2D eigenvalue weighted by molar-refractivity contribution is -0.578. The van der Waals surface area contributed by atoms with Crippen LogP contribution >= 0.6 is 12.2 Å². The smallest absolute Gasteiger partial charge is 0.238 e. The number of benzene rings is 2. The maximum absolute atomic E-state index is 13.4. The van der Waals surface area contributed by atoms with Crippen LogP contribution in [0, 0.1) is 0 Å². The standard InChI is InChI=1S/C24H24N2O3S/c1-3-17-9-11-19(12-10-17)23(28)22(26-13-5-6-18(15-26)16-27)24(30)25-20-7-4-8-21(14-20)29-2/h4-15,27H,3,16H2,1-2H3,(H-,25,28,30). The number of aliphatic hydroxyl groups excluding tert-OH is 1. The minimum Gasteiger partial charge on any atom is -0.867 e. The maximum Gasteiger partial charge on any atom is 0.238 e. The van der Waals surface area contributed by atoms with Crippen molar-refractivity contribution in [3.63, 3.8) is 0 Å². The van der Waals surface area contributed by atoms with E-state index >= 15 is 0 Å². The Hall–Kier alpha value is -3.22. The number of ether oxygens (including phenoxy) is 1. The van der Waals surface area contributed by atoms with Crippen LogP contribution in [0.3, 0.4) is 0 Å². The predicted octanol–water partition coefficient (Wildman–Crippen LogP) is 3.16. The summed E-state index contributed by atoms with van der Waals surface area (Å²) in [6, 6.07) is 18.4. The Morgan fingerprint density at radius 1 is 1.10 bits per heavy atom. The third-order valence-electron chi connectivity index (χ3n) is 4.68. The number of aliphatic hydroxyl groups is 1. The largest absolute Gasteiger partial charge is 0.867 e. The zero-order valence-electron chi connectivity index (χ0n) is 17.0. The topological polar surface area (TPSA) is 68.4 Å². The van der Waals surface area contributed by atoms with Crippen molar-refractivity contribution in [2.75, 3.05) is 12.4 Å². The minimum absolute atomic E-state index is 0.135. The molecule has 0 spiro atoms. The van der Waals surface area contributed by atoms with Crippen molar-refractivity contribution in [3.05, 3.63) is 89.7 Å². The molecule has 0 aliphatic rings. The molecule has 0 saturated heterocycles. The molecule has 0 atom stereocenters. The Bertz CT molecular complexity index is 1060. The van der Waals surface area contributed by atoms with Crippen LogP contribution in [-0.4, -0.2) is 17.2 Å². The van der Waals surface area contributed by atoms with E-state index < -0.39 is 0 Å². The summed E-state index contributed by atoms with van der Waals surface area (Å²) in [5, 5.41) is 26.1. The van der Waals surface area contributed by atoms with E-state index in [0.717, 1.165) is 12.0 Å². The number of methoxy groups -OCH3 is 1. The molecule has 1 aromatic heterocycles. The molecule has 2 aromatic carbocycles. The van der Waals surface area contributed by atoms with Gasteiger partial charge in [-0.15, -0.1) is 0 Å². The van der Waals surface area contributed by atoms with Gasteiger partial charge in [0.25, 0.3) is 0 Å². The summed E-state index contributed by atoms with van der Waals surface area (Å²) in [5.74, 6) is 0.471. The van der Waals surface area contributed by atoms with E-state index in [1.165, 1.54) is 0 Å². The van der Waals surface area contributed by atoms with Gasteiger partial charge >= 0.3 is 0 Å². The van der Waals surface area contributed by atoms with Gasteiger partial charge in [0.2, 0.25) is 5.70 Å². The normalized spacial score (nSPS) is 11.6. The summed E-state index contributed by atoms with van der Waals surface area (Å²) < 4.78 is 6.91. The van der Waals surface area contributed by atoms with Gasteiger partial charge in [0.05, 0.1) is 13.7 Å². The number of anilines is 1. The quantitative estimate of drug-likeness (QED) is 0.266. The van der Waals surface area contributed by atoms with Crippen LogP contribution < -0.4 is 19.7 Å². The van der Waals surface area contributed by atoms with Crippen molar-refractivity contribution in [2.45, 2.75) is 20.0 Å². The van der Waals surface area contributed by atoms with E-state index in [4.69, 9.17) is 17.0 Å². The third kappa shape index (κ3) is 5.03. The number of thiocarbonyl (C=S) groups is 1. The van der Waals surface area contributed by atoms with E-state index in [1.807, 2.05) is 42.5 Å². The summed E-state index contributed by atoms with van der Waals surface area (Å²) in [6.07, 6.45) is 4.34. The fourth-order valence-electron chi connectivity index (χ4n) is 3.01. The highest BCUT2D eigenvalue weighted by molar-refractivity contribution is 7.81. The van der Waals surface area contributed by atoms with E-state index in [0.29, 0.717) is 28.3 Å². The number of rotatable bonds is 7. The van der Waals surface area contributed by atoms with Crippen LogP contribution in [0.5, 0.6) is 5.75 Å². The first-order valence-corrected chi connectivity index (χ1v) is 10.0. The Morgan fingerprint density at radius 3 is 2.53 bits per heavy atom. The molecule has 6 heteroatoms. The molecule has 0 aliphatic carbocycles. The van der Waals surface area contributed by atoms with Crippen LogP contribution in [0.1, 0.15) is 23.6 Å². The molecule has 0 radical (unpaired) electrons. The molecule has 154 valence electrons. The average molecular weight is 421 g/mol. The van der Waals surface area contributed by atoms with E-state index in [2.05, 4.69) is 12.2 Å². The second-order valence-corrected chi connectivity index (χ2v) is 7.10. The van der Waals surface area contributed by atoms with Crippen LogP contribution in [0.15, 0.2) is 73.1 Å². The number of pyridine rings is 1. The molecule has 0 aliphatic heterocycles. The molecule has 30 heavy (non-hydrogen) atoms. The Morgan fingerprint density at radius 2 is 1.87 bits per heavy atom. The van der Waals surface area contributed by atoms with E-state index in [9.17, 15) is 10.2 Å². The fraction of sp³-hybridized carbons (Fsp3) is 0.167. The molecular weight excluding hydrogens is 396 g/mol. The van der Waals surface area contributed by atoms with Crippen molar-refractivity contribution in [1.82, 2.24) is 0 Å². The van der Waals surface area contributed by atoms with Crippen molar-refractivity contribution in [3.8, 4) is 5.75 Å². The van der Waals surface area contributed by atoms with Crippen LogP contribution in [0.4, 0.5) is 5.69 Å². The number of nitrogens with one attached hydrogen (secondary N) is 1. The summed E-state index contributed by atoms with van der Waals surface area (Å²) >= 11 is 5.63. The van der Waals surface area contributed by atoms with Crippen molar-refractivity contribution < 1.29 is 19.5 Å². The number of nitrogens with zero attached hydrogens (tertiary/aromatic N) is 1. The number of hydrogen-bond acceptors (Lipinski definition) is 4. The fourth-order valence-corrected chi connectivity index (χ4v) is 3.33. The highest BCUT2D eigenvalue weighted by Gasteiger charge is 2.19. The first kappa shape index (κ1) is 21.5. The lowest BCUT2D eigenvalue weighted by Gasteiger charge is -2.17. The molecule has 0 saturated carbocycles. The summed E-state index contributed by atoms with van der Waals surface area (Å²) in [7, 11) is 1.59. The molecular formula is C24H24N2O3S. The Kier molecular flexibility index (Phi) is 7.17. The zero-order chi connectivity index (χ0) is 21.5. The second kappa shape index (κ2) is 10.0. The molecule has 0 unspecified atom stereocenters. The van der Waals surface area contributed by atoms with Crippen molar-refractivity contribution in [1.29, 1.82) is 0 Å². The van der Waals surface area contributed by atoms with Gasteiger partial charge in [0, 0.05) is 23.4 Å². The minimum atomic E-state index is -0.210. The molecule has 0 fully saturated rings. The Labute approximate surface area is 181 Å². The van der Waals surface area contributed by atoms with E-state index in [-0.39, 0.29) is 17.4 Å². The zero-order valence-corrected chi connectivity index (χ0v) is 17.8. The summed E-state index contributed by atoms with van der Waals surface area (Å²) in [6.45, 7) is 1.93. The monoisotopic (exact) mass is 420 g/mol. The van der Waals surface area contributed by atoms with E-state index in [1.54, 1.807) is 42.3 Å². The lowest BCUT2D eigenvalue weighted by Crippen LogP contribution is -2.40. The van der Waals surface area contributed by atoms with Gasteiger partial charge in [-0.1, -0.05) is 49.5 Å². The van der Waals surface area contributed by atoms with Gasteiger partial charge in [0.15, 0.2) is 17.4 Å². The average Bonchev–Trinajstić information content (AvgIpc) is 2.79. The lowest BCUT2D eigenvalue weighted by atomic mass is 10.1. The molecule has 3 rings (SSSR count). The molecule has 5 nitrogen and oxygen atoms in total. The molecule has 3 aromatic rings. The summed E-state index contributed by atoms with van der Waals surface area (Å²) in [5.41, 5.74) is 3.38. The molecule has 1 heterocycles. The molecule has 2 N–H and O–H groups in total. The van der Waals surface area contributed by atoms with Gasteiger partial charge < -0.3 is 20.3 Å². The third-order valence-corrected chi connectivity index (χ3v) is 4.98. The van der Waals surface area contributed by atoms with Gasteiger partial charge in [-0.2, -0.15) is 4.57 Å². The van der Waals surface area contributed by atoms with Gasteiger partial charge in [-0.25, -0.2) is 0 Å². The van der Waals surface area contributed by atoms with Crippen LogP contribution in [0.2, 0.25) is 0 Å². The highest BCUT2D eigenvalue weighted by atomic mass is 32.1. The van der Waals surface area contributed by atoms with Gasteiger partial charge in [0.1, 0.15) is 5.75 Å². The van der Waals surface area contributed by atoms with Crippen molar-refractivity contribution in [2.24, 2.45) is 0 Å². The van der Waals surface area contributed by atoms with Crippen molar-refractivity contribution >= 4 is 34.3 Å². The Balaban J connectivity index is 2.06. The number of aryl methyl sites for hydroxylation is 1.